The maximum atomic E-state index is 10.5. The van der Waals surface area contributed by atoms with Crippen molar-refractivity contribution >= 4 is 10.9 Å². The van der Waals surface area contributed by atoms with Gasteiger partial charge in [-0.2, -0.15) is 0 Å². The maximum absolute atomic E-state index is 10.5. The first-order chi connectivity index (χ1) is 10.7. The number of aliphatic hydroxyl groups excluding tert-OH is 2. The van der Waals surface area contributed by atoms with E-state index in [2.05, 4.69) is 41.1 Å². The Bertz CT molecular complexity index is 624. The number of piperidine rings is 1. The molecule has 22 heavy (non-hydrogen) atoms. The van der Waals surface area contributed by atoms with E-state index in [4.69, 9.17) is 0 Å². The van der Waals surface area contributed by atoms with Crippen LogP contribution in [0.4, 0.5) is 0 Å². The van der Waals surface area contributed by atoms with Gasteiger partial charge >= 0.3 is 0 Å². The fourth-order valence-corrected chi connectivity index (χ4v) is 3.73. The Morgan fingerprint density at radius 3 is 2.95 bits per heavy atom. The van der Waals surface area contributed by atoms with Gasteiger partial charge in [-0.05, 0) is 42.5 Å². The van der Waals surface area contributed by atoms with Crippen molar-refractivity contribution in [2.45, 2.75) is 38.8 Å². The minimum absolute atomic E-state index is 0.0876. The molecule has 0 unspecified atom stereocenters. The van der Waals surface area contributed by atoms with Crippen LogP contribution in [-0.2, 0) is 6.54 Å². The number of hydrogen-bond acceptors (Lipinski definition) is 3. The average Bonchev–Trinajstić information content (AvgIpc) is 2.98. The number of aliphatic hydroxyl groups is 2. The molecule has 3 rings (SSSR count). The Hall–Kier alpha value is -1.36. The number of hydrogen-bond donors (Lipinski definition) is 3. The number of H-pyrrole nitrogens is 1. The molecule has 1 aromatic carbocycles. The van der Waals surface area contributed by atoms with E-state index in [1.807, 2.05) is 6.20 Å². The average molecular weight is 302 g/mol. The molecule has 0 aliphatic carbocycles. The van der Waals surface area contributed by atoms with Crippen LogP contribution in [0.25, 0.3) is 10.9 Å². The Balaban J connectivity index is 1.67. The maximum Gasteiger partial charge on any atom is 0.0745 e. The normalized spacial score (nSPS) is 26.6. The quantitative estimate of drug-likeness (QED) is 0.795. The number of nitrogens with one attached hydrogen (secondary N) is 1. The molecule has 0 saturated carbocycles. The summed E-state index contributed by atoms with van der Waals surface area (Å²) in [4.78, 5) is 5.53. The lowest BCUT2D eigenvalue weighted by molar-refractivity contribution is -0.0802. The summed E-state index contributed by atoms with van der Waals surface area (Å²) in [5, 5.41) is 21.5. The summed E-state index contributed by atoms with van der Waals surface area (Å²) in [6.45, 7) is 4.62. The van der Waals surface area contributed by atoms with Gasteiger partial charge < -0.3 is 15.2 Å². The zero-order valence-corrected chi connectivity index (χ0v) is 13.3. The summed E-state index contributed by atoms with van der Waals surface area (Å²) >= 11 is 0. The van der Waals surface area contributed by atoms with Gasteiger partial charge in [0.25, 0.3) is 0 Å². The van der Waals surface area contributed by atoms with Crippen LogP contribution >= 0.6 is 0 Å². The fraction of sp³-hybridized carbons (Fsp3) is 0.556. The Morgan fingerprint density at radius 2 is 2.23 bits per heavy atom. The van der Waals surface area contributed by atoms with Crippen LogP contribution in [-0.4, -0.2) is 45.9 Å². The smallest absolute Gasteiger partial charge is 0.0745 e. The molecule has 0 bridgehead atoms. The predicted octanol–water partition coefficient (Wildman–Crippen LogP) is 2.51. The molecule has 0 spiro atoms. The summed E-state index contributed by atoms with van der Waals surface area (Å²) in [5.74, 6) is 0. The third-order valence-corrected chi connectivity index (χ3v) is 5.15. The second-order valence-electron chi connectivity index (χ2n) is 6.67. The number of fused-ring (bicyclic) bond motifs is 1. The summed E-state index contributed by atoms with van der Waals surface area (Å²) < 4.78 is 0. The van der Waals surface area contributed by atoms with Gasteiger partial charge in [-0.3, -0.25) is 4.90 Å². The van der Waals surface area contributed by atoms with Crippen molar-refractivity contribution in [3.8, 4) is 0 Å². The Labute approximate surface area is 131 Å². The Morgan fingerprint density at radius 1 is 1.36 bits per heavy atom. The fourth-order valence-electron chi connectivity index (χ4n) is 3.73. The number of nitrogens with zero attached hydrogens (tertiary/aromatic N) is 1. The van der Waals surface area contributed by atoms with Crippen LogP contribution in [0.1, 0.15) is 31.7 Å². The van der Waals surface area contributed by atoms with Crippen molar-refractivity contribution in [3.63, 3.8) is 0 Å². The third kappa shape index (κ3) is 2.91. The zero-order chi connectivity index (χ0) is 15.6. The third-order valence-electron chi connectivity index (χ3n) is 5.15. The molecule has 3 N–H and O–H groups in total. The lowest BCUT2D eigenvalue weighted by atomic mass is 9.73. The highest BCUT2D eigenvalue weighted by Gasteiger charge is 2.40. The molecule has 120 valence electrons. The van der Waals surface area contributed by atoms with E-state index in [1.54, 1.807) is 0 Å². The first kappa shape index (κ1) is 15.5. The summed E-state index contributed by atoms with van der Waals surface area (Å²) in [5.41, 5.74) is 2.12. The number of likely N-dealkylation sites (tertiary alicyclic amines) is 1. The molecule has 0 amide bonds. The van der Waals surface area contributed by atoms with Crippen molar-refractivity contribution in [1.82, 2.24) is 9.88 Å². The van der Waals surface area contributed by atoms with Crippen LogP contribution in [0.3, 0.4) is 0 Å². The standard InChI is InChI=1S/C18H26N2O2/c1-2-6-18(13-21)7-9-20(12-17(18)22)11-14-3-4-15-5-8-19-16(15)10-14/h3-5,8,10,17,19,21-22H,2,6-7,9,11-13H2,1H3/t17-,18-/m1/s1. The molecule has 1 aliphatic heterocycles. The number of aromatic amines is 1. The second-order valence-corrected chi connectivity index (χ2v) is 6.67. The molecule has 0 radical (unpaired) electrons. The highest BCUT2D eigenvalue weighted by atomic mass is 16.3. The first-order valence-corrected chi connectivity index (χ1v) is 8.24. The van der Waals surface area contributed by atoms with Gasteiger partial charge in [-0.25, -0.2) is 0 Å². The van der Waals surface area contributed by atoms with Gasteiger partial charge in [0, 0.05) is 30.2 Å². The molecular weight excluding hydrogens is 276 g/mol. The van der Waals surface area contributed by atoms with Gasteiger partial charge in [0.2, 0.25) is 0 Å². The summed E-state index contributed by atoms with van der Waals surface area (Å²) in [6.07, 6.45) is 4.27. The Kier molecular flexibility index (Phi) is 4.52. The van der Waals surface area contributed by atoms with E-state index in [9.17, 15) is 10.2 Å². The minimum atomic E-state index is -0.444. The monoisotopic (exact) mass is 302 g/mol. The van der Waals surface area contributed by atoms with Crippen molar-refractivity contribution in [2.75, 3.05) is 19.7 Å². The van der Waals surface area contributed by atoms with Crippen molar-refractivity contribution in [1.29, 1.82) is 0 Å². The van der Waals surface area contributed by atoms with Crippen LogP contribution in [0, 0.1) is 5.41 Å². The summed E-state index contributed by atoms with van der Waals surface area (Å²) in [6, 6.07) is 8.55. The molecule has 1 aliphatic rings. The van der Waals surface area contributed by atoms with Crippen molar-refractivity contribution < 1.29 is 10.2 Å². The number of rotatable bonds is 5. The largest absolute Gasteiger partial charge is 0.396 e. The van der Waals surface area contributed by atoms with E-state index in [-0.39, 0.29) is 12.0 Å². The highest BCUT2D eigenvalue weighted by molar-refractivity contribution is 5.79. The van der Waals surface area contributed by atoms with Crippen LogP contribution < -0.4 is 0 Å². The van der Waals surface area contributed by atoms with Gasteiger partial charge in [-0.1, -0.05) is 25.5 Å². The molecule has 1 saturated heterocycles. The van der Waals surface area contributed by atoms with Crippen molar-refractivity contribution in [2.24, 2.45) is 5.41 Å². The highest BCUT2D eigenvalue weighted by Crippen LogP contribution is 2.36. The molecule has 2 atom stereocenters. The second kappa shape index (κ2) is 6.41. The number of benzene rings is 1. The lowest BCUT2D eigenvalue weighted by Crippen LogP contribution is -2.52. The summed E-state index contributed by atoms with van der Waals surface area (Å²) in [7, 11) is 0. The zero-order valence-electron chi connectivity index (χ0n) is 13.3. The van der Waals surface area contributed by atoms with Gasteiger partial charge in [0.15, 0.2) is 0 Å². The molecule has 4 heteroatoms. The van der Waals surface area contributed by atoms with E-state index in [1.165, 1.54) is 10.9 Å². The minimum Gasteiger partial charge on any atom is -0.396 e. The van der Waals surface area contributed by atoms with E-state index in [0.29, 0.717) is 6.54 Å². The predicted molar refractivity (Wildman–Crippen MR) is 88.6 cm³/mol. The number of β-amino-alcohol motifs (C(OH)–C–C–N with tert-alkyl or cyclic N) is 1. The molecule has 2 aromatic rings. The van der Waals surface area contributed by atoms with Crippen LogP contribution in [0.2, 0.25) is 0 Å². The van der Waals surface area contributed by atoms with Crippen LogP contribution in [0.15, 0.2) is 30.5 Å². The van der Waals surface area contributed by atoms with Crippen molar-refractivity contribution in [3.05, 3.63) is 36.0 Å². The topological polar surface area (TPSA) is 59.5 Å². The van der Waals surface area contributed by atoms with Gasteiger partial charge in [0.1, 0.15) is 0 Å². The lowest BCUT2D eigenvalue weighted by Gasteiger charge is -2.44. The van der Waals surface area contributed by atoms with Gasteiger partial charge in [0.05, 0.1) is 12.7 Å². The molecule has 1 fully saturated rings. The first-order valence-electron chi connectivity index (χ1n) is 8.24. The molecule has 1 aromatic heterocycles. The number of aromatic nitrogens is 1. The van der Waals surface area contributed by atoms with Crippen LogP contribution in [0.5, 0.6) is 0 Å². The molecule has 2 heterocycles. The van der Waals surface area contributed by atoms with E-state index < -0.39 is 6.10 Å². The molecule has 4 nitrogen and oxygen atoms in total. The van der Waals surface area contributed by atoms with E-state index >= 15 is 0 Å². The molecular formula is C18H26N2O2. The SMILES string of the molecule is CCC[C@]1(CO)CCN(Cc2ccc3cc[nH]c3c2)C[C@H]1O. The van der Waals surface area contributed by atoms with Gasteiger partial charge in [-0.15, -0.1) is 0 Å². The van der Waals surface area contributed by atoms with E-state index in [0.717, 1.165) is 37.9 Å².